The predicted molar refractivity (Wildman–Crippen MR) is 65.8 cm³/mol. The Kier molecular flexibility index (Phi) is 4.92. The number of hydrogen-bond acceptors (Lipinski definition) is 3. The third kappa shape index (κ3) is 3.43. The minimum Gasteiger partial charge on any atom is -0.326 e. The fourth-order valence-electron chi connectivity index (χ4n) is 1.45. The maximum atomic E-state index is 12.1. The molecule has 0 N–H and O–H groups in total. The van der Waals surface area contributed by atoms with Gasteiger partial charge in [0.25, 0.3) is 5.91 Å². The number of pyridine rings is 1. The summed E-state index contributed by atoms with van der Waals surface area (Å²) in [7, 11) is 0. The molecule has 90 valence electrons. The van der Waals surface area contributed by atoms with Crippen LogP contribution >= 0.6 is 11.6 Å². The quantitative estimate of drug-likeness (QED) is 0.609. The number of nitrogens with zero attached hydrogens (tertiary/aromatic N) is 3. The van der Waals surface area contributed by atoms with E-state index in [0.717, 1.165) is 5.69 Å². The van der Waals surface area contributed by atoms with Crippen LogP contribution in [-0.2, 0) is 6.42 Å². The molecule has 0 aliphatic heterocycles. The third-order valence-corrected chi connectivity index (χ3v) is 2.58. The molecule has 0 aliphatic carbocycles. The van der Waals surface area contributed by atoms with Crippen molar-refractivity contribution in [2.75, 3.05) is 13.1 Å². The zero-order valence-corrected chi connectivity index (χ0v) is 10.7. The molecule has 0 bridgehead atoms. The monoisotopic (exact) mass is 251 g/mol. The van der Waals surface area contributed by atoms with Crippen LogP contribution in [0, 0.1) is 11.3 Å². The second-order valence-electron chi connectivity index (χ2n) is 3.50. The molecule has 1 aromatic rings. The van der Waals surface area contributed by atoms with Gasteiger partial charge in [0.05, 0.1) is 6.07 Å². The van der Waals surface area contributed by atoms with E-state index in [-0.39, 0.29) is 12.5 Å². The van der Waals surface area contributed by atoms with E-state index in [1.807, 2.05) is 19.9 Å². The first-order valence-corrected chi connectivity index (χ1v) is 5.82. The number of aromatic nitrogens is 1. The number of halogens is 1. The summed E-state index contributed by atoms with van der Waals surface area (Å²) in [6, 6.07) is 5.22. The van der Waals surface area contributed by atoms with Crippen molar-refractivity contribution >= 4 is 17.5 Å². The summed E-state index contributed by atoms with van der Waals surface area (Å²) in [5.74, 6) is -0.187. The molecule has 4 nitrogen and oxygen atoms in total. The van der Waals surface area contributed by atoms with Gasteiger partial charge in [-0.1, -0.05) is 18.5 Å². The molecule has 0 fully saturated rings. The van der Waals surface area contributed by atoms with Crippen molar-refractivity contribution < 1.29 is 4.79 Å². The molecule has 1 aromatic heterocycles. The van der Waals surface area contributed by atoms with Crippen molar-refractivity contribution in [1.29, 1.82) is 5.26 Å². The number of rotatable bonds is 4. The van der Waals surface area contributed by atoms with Crippen LogP contribution in [0.5, 0.6) is 0 Å². The highest BCUT2D eigenvalue weighted by molar-refractivity contribution is 6.29. The minimum absolute atomic E-state index is 0.0801. The van der Waals surface area contributed by atoms with Crippen molar-refractivity contribution in [1.82, 2.24) is 9.88 Å². The maximum Gasteiger partial charge on any atom is 0.254 e. The summed E-state index contributed by atoms with van der Waals surface area (Å²) in [6.07, 6.45) is 0.714. The van der Waals surface area contributed by atoms with Gasteiger partial charge in [-0.05, 0) is 25.5 Å². The molecule has 5 heteroatoms. The molecule has 0 radical (unpaired) electrons. The average molecular weight is 252 g/mol. The van der Waals surface area contributed by atoms with Gasteiger partial charge in [0, 0.05) is 17.8 Å². The van der Waals surface area contributed by atoms with Crippen LogP contribution in [0.4, 0.5) is 0 Å². The Morgan fingerprint density at radius 1 is 1.53 bits per heavy atom. The normalized spacial score (nSPS) is 9.76. The SMILES string of the molecule is CCc1cc(C(=O)N(CC)CC#N)cc(Cl)n1. The van der Waals surface area contributed by atoms with Gasteiger partial charge in [0.1, 0.15) is 11.7 Å². The van der Waals surface area contributed by atoms with Crippen LogP contribution in [0.25, 0.3) is 0 Å². The number of amides is 1. The minimum atomic E-state index is -0.187. The molecule has 0 unspecified atom stereocenters. The summed E-state index contributed by atoms with van der Waals surface area (Å²) < 4.78 is 0. The van der Waals surface area contributed by atoms with E-state index in [1.54, 1.807) is 6.07 Å². The largest absolute Gasteiger partial charge is 0.326 e. The van der Waals surface area contributed by atoms with Gasteiger partial charge in [-0.2, -0.15) is 5.26 Å². The Balaban J connectivity index is 3.03. The number of carbonyl (C=O) groups is 1. The zero-order valence-electron chi connectivity index (χ0n) is 9.90. The standard InChI is InChI=1S/C12H14ClN3O/c1-3-10-7-9(8-11(13)15-10)12(17)16(4-2)6-5-14/h7-8H,3-4,6H2,1-2H3. The van der Waals surface area contributed by atoms with E-state index in [4.69, 9.17) is 16.9 Å². The first-order chi connectivity index (χ1) is 8.12. The van der Waals surface area contributed by atoms with Crippen LogP contribution in [0.3, 0.4) is 0 Å². The third-order valence-electron chi connectivity index (χ3n) is 2.39. The molecule has 1 amide bonds. The van der Waals surface area contributed by atoms with Gasteiger partial charge in [-0.15, -0.1) is 0 Å². The average Bonchev–Trinajstić information content (AvgIpc) is 2.34. The summed E-state index contributed by atoms with van der Waals surface area (Å²) in [4.78, 5) is 17.6. The highest BCUT2D eigenvalue weighted by atomic mass is 35.5. The number of nitriles is 1. The number of aryl methyl sites for hydroxylation is 1. The van der Waals surface area contributed by atoms with Crippen molar-refractivity contribution in [3.8, 4) is 6.07 Å². The molecule has 0 spiro atoms. The summed E-state index contributed by atoms with van der Waals surface area (Å²) >= 11 is 5.85. The first kappa shape index (κ1) is 13.5. The topological polar surface area (TPSA) is 57.0 Å². The highest BCUT2D eigenvalue weighted by Gasteiger charge is 2.15. The van der Waals surface area contributed by atoms with Gasteiger partial charge in [0.15, 0.2) is 0 Å². The fourth-order valence-corrected chi connectivity index (χ4v) is 1.68. The van der Waals surface area contributed by atoms with Crippen LogP contribution < -0.4 is 0 Å². The van der Waals surface area contributed by atoms with Crippen molar-refractivity contribution in [3.63, 3.8) is 0 Å². The predicted octanol–water partition coefficient (Wildman–Crippen LogP) is 2.28. The Bertz CT molecular complexity index is 454. The van der Waals surface area contributed by atoms with E-state index in [0.29, 0.717) is 23.7 Å². The molecule has 0 atom stereocenters. The van der Waals surface area contributed by atoms with Crippen molar-refractivity contribution in [2.24, 2.45) is 0 Å². The second-order valence-corrected chi connectivity index (χ2v) is 3.89. The number of hydrogen-bond donors (Lipinski definition) is 0. The van der Waals surface area contributed by atoms with Gasteiger partial charge in [-0.3, -0.25) is 4.79 Å². The lowest BCUT2D eigenvalue weighted by Crippen LogP contribution is -2.31. The summed E-state index contributed by atoms with van der Waals surface area (Å²) in [5, 5.41) is 8.94. The lowest BCUT2D eigenvalue weighted by Gasteiger charge is -2.17. The molecule has 17 heavy (non-hydrogen) atoms. The van der Waals surface area contributed by atoms with Crippen molar-refractivity contribution in [2.45, 2.75) is 20.3 Å². The van der Waals surface area contributed by atoms with E-state index in [2.05, 4.69) is 4.98 Å². The maximum absolute atomic E-state index is 12.1. The van der Waals surface area contributed by atoms with Gasteiger partial charge >= 0.3 is 0 Å². The van der Waals surface area contributed by atoms with E-state index in [1.165, 1.54) is 11.0 Å². The Morgan fingerprint density at radius 3 is 2.76 bits per heavy atom. The van der Waals surface area contributed by atoms with Gasteiger partial charge in [0.2, 0.25) is 0 Å². The fraction of sp³-hybridized carbons (Fsp3) is 0.417. The molecule has 0 saturated heterocycles. The molecule has 0 saturated carbocycles. The molecule has 1 heterocycles. The zero-order chi connectivity index (χ0) is 12.8. The Hall–Kier alpha value is -1.60. The second kappa shape index (κ2) is 6.21. The van der Waals surface area contributed by atoms with E-state index >= 15 is 0 Å². The van der Waals surface area contributed by atoms with Crippen LogP contribution in [0.1, 0.15) is 29.9 Å². The van der Waals surface area contributed by atoms with E-state index in [9.17, 15) is 4.79 Å². The lowest BCUT2D eigenvalue weighted by molar-refractivity contribution is 0.0784. The van der Waals surface area contributed by atoms with Crippen LogP contribution in [0.15, 0.2) is 12.1 Å². The Labute approximate surface area is 106 Å². The molecular formula is C12H14ClN3O. The smallest absolute Gasteiger partial charge is 0.254 e. The van der Waals surface area contributed by atoms with Crippen LogP contribution in [-0.4, -0.2) is 28.9 Å². The first-order valence-electron chi connectivity index (χ1n) is 5.45. The van der Waals surface area contributed by atoms with E-state index < -0.39 is 0 Å². The molecule has 1 rings (SSSR count). The Morgan fingerprint density at radius 2 is 2.24 bits per heavy atom. The van der Waals surface area contributed by atoms with Gasteiger partial charge in [-0.25, -0.2) is 4.98 Å². The summed E-state index contributed by atoms with van der Waals surface area (Å²) in [6.45, 7) is 4.35. The van der Waals surface area contributed by atoms with Crippen LogP contribution in [0.2, 0.25) is 5.15 Å². The lowest BCUT2D eigenvalue weighted by atomic mass is 10.2. The molecule has 0 aromatic carbocycles. The molecule has 0 aliphatic rings. The summed E-state index contributed by atoms with van der Waals surface area (Å²) in [5.41, 5.74) is 1.26. The molecular weight excluding hydrogens is 238 g/mol. The highest BCUT2D eigenvalue weighted by Crippen LogP contribution is 2.13. The van der Waals surface area contributed by atoms with Crippen molar-refractivity contribution in [3.05, 3.63) is 28.5 Å². The van der Waals surface area contributed by atoms with Gasteiger partial charge < -0.3 is 4.90 Å². The number of carbonyl (C=O) groups excluding carboxylic acids is 1.